The molecule has 0 aliphatic carbocycles. The van der Waals surface area contributed by atoms with Gasteiger partial charge in [0.25, 0.3) is 0 Å². The van der Waals surface area contributed by atoms with Crippen LogP contribution in [0, 0.1) is 13.8 Å². The predicted molar refractivity (Wildman–Crippen MR) is 91.6 cm³/mol. The Bertz CT molecular complexity index is 645. The molecule has 116 valence electrons. The van der Waals surface area contributed by atoms with Crippen LogP contribution in [-0.2, 0) is 0 Å². The van der Waals surface area contributed by atoms with Crippen LogP contribution < -0.4 is 11.5 Å². The number of anilines is 2. The van der Waals surface area contributed by atoms with Crippen molar-refractivity contribution < 1.29 is 0 Å². The van der Waals surface area contributed by atoms with Crippen LogP contribution in [0.4, 0.5) is 11.4 Å². The van der Waals surface area contributed by atoms with Crippen LogP contribution in [0.1, 0.15) is 11.1 Å². The largest absolute Gasteiger partial charge is 0.399 e. The van der Waals surface area contributed by atoms with E-state index in [2.05, 4.69) is 32.8 Å². The monoisotopic (exact) mass is 318 g/mol. The standard InChI is InChI=1S/C14H16N2.CH2N4.ClH/c1-9-7-11(3-5-13(9)15)12-4-6-14(16)10(2)8-12;1-2-4-5-3-1;/h3-8H,15-16H2,1-2H3;1H,(H,2,3,4,5);1H. The second-order valence-electron chi connectivity index (χ2n) is 4.70. The fraction of sp³-hybridized carbons (Fsp3) is 0.133. The lowest BCUT2D eigenvalue weighted by molar-refractivity contribution is 0.881. The van der Waals surface area contributed by atoms with Crippen molar-refractivity contribution in [1.82, 2.24) is 20.6 Å². The number of halogens is 1. The molecule has 2 aromatic carbocycles. The van der Waals surface area contributed by atoms with Crippen molar-refractivity contribution in [2.24, 2.45) is 0 Å². The first kappa shape index (κ1) is 17.5. The van der Waals surface area contributed by atoms with E-state index in [1.807, 2.05) is 38.1 Å². The van der Waals surface area contributed by atoms with E-state index >= 15 is 0 Å². The van der Waals surface area contributed by atoms with Gasteiger partial charge < -0.3 is 11.5 Å². The molecule has 5 N–H and O–H groups in total. The lowest BCUT2D eigenvalue weighted by Crippen LogP contribution is -1.91. The van der Waals surface area contributed by atoms with Crippen molar-refractivity contribution >= 4 is 23.8 Å². The van der Waals surface area contributed by atoms with E-state index in [0.717, 1.165) is 22.5 Å². The number of nitrogens with zero attached hydrogens (tertiary/aromatic N) is 3. The minimum absolute atomic E-state index is 0. The zero-order chi connectivity index (χ0) is 15.2. The Morgan fingerprint density at radius 3 is 1.64 bits per heavy atom. The Balaban J connectivity index is 0.000000344. The lowest BCUT2D eigenvalue weighted by Gasteiger charge is -2.07. The first-order valence-electron chi connectivity index (χ1n) is 6.47. The molecule has 3 aromatic rings. The van der Waals surface area contributed by atoms with Crippen LogP contribution in [0.3, 0.4) is 0 Å². The summed E-state index contributed by atoms with van der Waals surface area (Å²) in [5.41, 5.74) is 17.8. The molecule has 0 saturated carbocycles. The summed E-state index contributed by atoms with van der Waals surface area (Å²) in [5, 5.41) is 12.2. The van der Waals surface area contributed by atoms with E-state index in [1.165, 1.54) is 17.5 Å². The van der Waals surface area contributed by atoms with E-state index in [4.69, 9.17) is 11.5 Å². The molecule has 1 heterocycles. The number of nitrogen functional groups attached to an aromatic ring is 2. The van der Waals surface area contributed by atoms with Crippen molar-refractivity contribution in [2.75, 3.05) is 11.5 Å². The molecular formula is C15H19ClN6. The van der Waals surface area contributed by atoms with Gasteiger partial charge in [-0.2, -0.15) is 5.21 Å². The molecule has 3 rings (SSSR count). The smallest absolute Gasteiger partial charge is 0.161 e. The van der Waals surface area contributed by atoms with Crippen molar-refractivity contribution in [3.63, 3.8) is 0 Å². The highest BCUT2D eigenvalue weighted by molar-refractivity contribution is 5.85. The first-order chi connectivity index (χ1) is 10.1. The fourth-order valence-corrected chi connectivity index (χ4v) is 1.84. The van der Waals surface area contributed by atoms with Gasteiger partial charge in [-0.3, -0.25) is 0 Å². The normalized spacial score (nSPS) is 9.36. The molecule has 0 aliphatic rings. The summed E-state index contributed by atoms with van der Waals surface area (Å²) in [5.74, 6) is 0. The molecule has 6 nitrogen and oxygen atoms in total. The second kappa shape index (κ2) is 7.99. The number of rotatable bonds is 1. The maximum absolute atomic E-state index is 5.80. The number of hydrogen-bond acceptors (Lipinski definition) is 5. The summed E-state index contributed by atoms with van der Waals surface area (Å²) >= 11 is 0. The highest BCUT2D eigenvalue weighted by Gasteiger charge is 2.01. The number of benzene rings is 2. The molecule has 0 saturated heterocycles. The van der Waals surface area contributed by atoms with Crippen molar-refractivity contribution in [3.05, 3.63) is 53.9 Å². The summed E-state index contributed by atoms with van der Waals surface area (Å²) in [4.78, 5) is 0. The van der Waals surface area contributed by atoms with Gasteiger partial charge in [0, 0.05) is 11.4 Å². The average molecular weight is 319 g/mol. The van der Waals surface area contributed by atoms with E-state index in [0.29, 0.717) is 0 Å². The summed E-state index contributed by atoms with van der Waals surface area (Å²) in [6.45, 7) is 4.03. The zero-order valence-electron chi connectivity index (χ0n) is 12.4. The molecule has 0 aliphatic heterocycles. The number of nitrogens with two attached hydrogens (primary N) is 2. The minimum Gasteiger partial charge on any atom is -0.399 e. The maximum atomic E-state index is 5.80. The Hall–Kier alpha value is -2.60. The molecule has 0 fully saturated rings. The third kappa shape index (κ3) is 4.46. The maximum Gasteiger partial charge on any atom is 0.161 e. The molecule has 0 bridgehead atoms. The number of tetrazole rings is 1. The van der Waals surface area contributed by atoms with E-state index < -0.39 is 0 Å². The van der Waals surface area contributed by atoms with Crippen LogP contribution in [0.15, 0.2) is 42.7 Å². The first-order valence-corrected chi connectivity index (χ1v) is 6.47. The number of aromatic nitrogens is 4. The lowest BCUT2D eigenvalue weighted by atomic mass is 10.0. The van der Waals surface area contributed by atoms with Gasteiger partial charge in [0.15, 0.2) is 6.33 Å². The highest BCUT2D eigenvalue weighted by atomic mass is 35.5. The van der Waals surface area contributed by atoms with Gasteiger partial charge >= 0.3 is 0 Å². The van der Waals surface area contributed by atoms with Crippen LogP contribution in [0.25, 0.3) is 11.1 Å². The van der Waals surface area contributed by atoms with Crippen LogP contribution >= 0.6 is 12.4 Å². The van der Waals surface area contributed by atoms with Gasteiger partial charge in [0.2, 0.25) is 0 Å². The van der Waals surface area contributed by atoms with E-state index in [9.17, 15) is 0 Å². The predicted octanol–water partition coefficient (Wildman–Crippen LogP) is 2.76. The summed E-state index contributed by atoms with van der Waals surface area (Å²) in [6.07, 6.45) is 1.33. The summed E-state index contributed by atoms with van der Waals surface area (Å²) in [7, 11) is 0. The molecule has 7 heteroatoms. The summed E-state index contributed by atoms with van der Waals surface area (Å²) < 4.78 is 0. The Labute approximate surface area is 135 Å². The van der Waals surface area contributed by atoms with E-state index in [1.54, 1.807) is 0 Å². The van der Waals surface area contributed by atoms with Gasteiger partial charge in [0.05, 0.1) is 0 Å². The number of nitrogens with one attached hydrogen (secondary N) is 1. The fourth-order valence-electron chi connectivity index (χ4n) is 1.84. The summed E-state index contributed by atoms with van der Waals surface area (Å²) in [6, 6.07) is 12.1. The van der Waals surface area contributed by atoms with Gasteiger partial charge in [0.1, 0.15) is 0 Å². The molecular weight excluding hydrogens is 300 g/mol. The second-order valence-corrected chi connectivity index (χ2v) is 4.70. The molecule has 0 spiro atoms. The Kier molecular flexibility index (Phi) is 6.34. The van der Waals surface area contributed by atoms with Gasteiger partial charge in [-0.25, -0.2) is 0 Å². The number of hydrogen-bond donors (Lipinski definition) is 3. The third-order valence-electron chi connectivity index (χ3n) is 3.14. The quantitative estimate of drug-likeness (QED) is 0.598. The van der Waals surface area contributed by atoms with Crippen LogP contribution in [0.2, 0.25) is 0 Å². The molecule has 1 aromatic heterocycles. The zero-order valence-corrected chi connectivity index (χ0v) is 13.3. The van der Waals surface area contributed by atoms with Crippen molar-refractivity contribution in [1.29, 1.82) is 0 Å². The highest BCUT2D eigenvalue weighted by Crippen LogP contribution is 2.25. The van der Waals surface area contributed by atoms with E-state index in [-0.39, 0.29) is 12.4 Å². The number of H-pyrrole nitrogens is 1. The molecule has 0 amide bonds. The third-order valence-corrected chi connectivity index (χ3v) is 3.14. The van der Waals surface area contributed by atoms with Crippen LogP contribution in [0.5, 0.6) is 0 Å². The number of aromatic amines is 1. The molecule has 0 radical (unpaired) electrons. The number of aryl methyl sites for hydroxylation is 2. The Morgan fingerprint density at radius 2 is 1.36 bits per heavy atom. The van der Waals surface area contributed by atoms with Gasteiger partial charge in [-0.1, -0.05) is 17.3 Å². The minimum atomic E-state index is 0. The van der Waals surface area contributed by atoms with Crippen molar-refractivity contribution in [2.45, 2.75) is 13.8 Å². The molecule has 22 heavy (non-hydrogen) atoms. The molecule has 0 unspecified atom stereocenters. The van der Waals surface area contributed by atoms with Gasteiger partial charge in [-0.15, -0.1) is 22.6 Å². The van der Waals surface area contributed by atoms with Crippen LogP contribution in [-0.4, -0.2) is 20.6 Å². The van der Waals surface area contributed by atoms with Gasteiger partial charge in [-0.05, 0) is 60.4 Å². The van der Waals surface area contributed by atoms with Crippen molar-refractivity contribution in [3.8, 4) is 11.1 Å². The average Bonchev–Trinajstić information content (AvgIpc) is 3.04. The Morgan fingerprint density at radius 1 is 0.864 bits per heavy atom. The molecule has 0 atom stereocenters. The topological polar surface area (TPSA) is 107 Å². The SMILES string of the molecule is Cc1cc(-c2ccc(N)c(C)c2)ccc1N.Cl.c1nn[nH]n1.